The number of carbonyl (C=O) groups is 1. The smallest absolute Gasteiger partial charge is 0.252 e. The van der Waals surface area contributed by atoms with Crippen LogP contribution in [0.2, 0.25) is 0 Å². The molecule has 3 aromatic carbocycles. The summed E-state index contributed by atoms with van der Waals surface area (Å²) in [5.41, 5.74) is 11.6. The van der Waals surface area contributed by atoms with E-state index in [4.69, 9.17) is 15.5 Å². The van der Waals surface area contributed by atoms with Crippen molar-refractivity contribution in [2.75, 3.05) is 13.7 Å². The predicted molar refractivity (Wildman–Crippen MR) is 163 cm³/mol. The van der Waals surface area contributed by atoms with Gasteiger partial charge in [0, 0.05) is 30.8 Å². The summed E-state index contributed by atoms with van der Waals surface area (Å²) in [4.78, 5) is 19.6. The lowest BCUT2D eigenvalue weighted by Crippen LogP contribution is -2.27. The van der Waals surface area contributed by atoms with Crippen molar-refractivity contribution >= 4 is 5.91 Å². The molecule has 0 saturated carbocycles. The van der Waals surface area contributed by atoms with Gasteiger partial charge in [-0.15, -0.1) is 0 Å². The predicted octanol–water partition coefficient (Wildman–Crippen LogP) is 7.17. The van der Waals surface area contributed by atoms with E-state index in [1.807, 2.05) is 24.3 Å². The van der Waals surface area contributed by atoms with Crippen LogP contribution < -0.4 is 10.5 Å². The van der Waals surface area contributed by atoms with Gasteiger partial charge < -0.3 is 15.0 Å². The molecular weight excluding hydrogens is 496 g/mol. The van der Waals surface area contributed by atoms with Gasteiger partial charge in [0.15, 0.2) is 0 Å². The lowest BCUT2D eigenvalue weighted by atomic mass is 10.1. The van der Waals surface area contributed by atoms with E-state index in [2.05, 4.69) is 78.8 Å². The quantitative estimate of drug-likeness (QED) is 0.185. The molecule has 6 heteroatoms. The maximum absolute atomic E-state index is 11.9. The van der Waals surface area contributed by atoms with Gasteiger partial charge in [-0.05, 0) is 43.0 Å². The number of methoxy groups -OCH3 is 1. The zero-order chi connectivity index (χ0) is 28.5. The minimum atomic E-state index is -0.485. The third kappa shape index (κ3) is 7.19. The van der Waals surface area contributed by atoms with Crippen molar-refractivity contribution in [3.05, 3.63) is 95.7 Å². The van der Waals surface area contributed by atoms with Crippen molar-refractivity contribution in [2.24, 2.45) is 11.7 Å². The Morgan fingerprint density at radius 2 is 1.65 bits per heavy atom. The standard InChI is InChI=1S/C34H42N4O2/c1-5-6-20-38-30(32(27-13-9-7-10-14-27)36-34(38)28-15-11-8-12-16-28)24-37(21-19-25(2)3)23-26-17-18-29(33(35)39)31(22-26)40-4/h7-18,22,25H,5-6,19-21,23-24H2,1-4H3,(H2,35,39). The number of ether oxygens (including phenoxy) is 1. The number of primary amides is 1. The van der Waals surface area contributed by atoms with Crippen LogP contribution in [0.25, 0.3) is 22.6 Å². The summed E-state index contributed by atoms with van der Waals surface area (Å²) >= 11 is 0. The van der Waals surface area contributed by atoms with E-state index in [1.165, 1.54) is 5.69 Å². The first-order valence-corrected chi connectivity index (χ1v) is 14.3. The highest BCUT2D eigenvalue weighted by Gasteiger charge is 2.22. The van der Waals surface area contributed by atoms with Gasteiger partial charge in [-0.3, -0.25) is 9.69 Å². The maximum Gasteiger partial charge on any atom is 0.252 e. The number of unbranched alkanes of at least 4 members (excludes halogenated alkanes) is 1. The van der Waals surface area contributed by atoms with Crippen molar-refractivity contribution in [3.8, 4) is 28.4 Å². The molecule has 210 valence electrons. The Kier molecular flexibility index (Phi) is 10.1. The second-order valence-electron chi connectivity index (χ2n) is 10.8. The second-order valence-corrected chi connectivity index (χ2v) is 10.8. The summed E-state index contributed by atoms with van der Waals surface area (Å²) in [5.74, 6) is 1.62. The van der Waals surface area contributed by atoms with Crippen LogP contribution in [0.5, 0.6) is 5.75 Å². The Hall–Kier alpha value is -3.90. The van der Waals surface area contributed by atoms with Crippen LogP contribution in [0.15, 0.2) is 78.9 Å². The molecule has 40 heavy (non-hydrogen) atoms. The fourth-order valence-electron chi connectivity index (χ4n) is 5.00. The van der Waals surface area contributed by atoms with Gasteiger partial charge >= 0.3 is 0 Å². The SMILES string of the molecule is CCCCn1c(-c2ccccc2)nc(-c2ccccc2)c1CN(CCC(C)C)Cc1ccc(C(N)=O)c(OC)c1. The minimum Gasteiger partial charge on any atom is -0.496 e. The molecule has 0 unspecified atom stereocenters. The Morgan fingerprint density at radius 1 is 0.975 bits per heavy atom. The summed E-state index contributed by atoms with van der Waals surface area (Å²) in [5, 5.41) is 0. The molecule has 1 heterocycles. The van der Waals surface area contributed by atoms with Crippen LogP contribution in [0.4, 0.5) is 0 Å². The number of amides is 1. The molecule has 2 N–H and O–H groups in total. The summed E-state index contributed by atoms with van der Waals surface area (Å²) in [7, 11) is 1.58. The van der Waals surface area contributed by atoms with E-state index < -0.39 is 5.91 Å². The Morgan fingerprint density at radius 3 is 2.25 bits per heavy atom. The van der Waals surface area contributed by atoms with E-state index in [0.717, 1.165) is 73.7 Å². The maximum atomic E-state index is 11.9. The summed E-state index contributed by atoms with van der Waals surface area (Å²) in [6, 6.07) is 26.7. The molecule has 0 saturated heterocycles. The topological polar surface area (TPSA) is 73.4 Å². The molecule has 0 radical (unpaired) electrons. The lowest BCUT2D eigenvalue weighted by Gasteiger charge is -2.25. The van der Waals surface area contributed by atoms with Gasteiger partial charge in [0.1, 0.15) is 11.6 Å². The number of benzene rings is 3. The number of rotatable bonds is 14. The number of hydrogen-bond donors (Lipinski definition) is 1. The molecular formula is C34H42N4O2. The molecule has 1 aromatic heterocycles. The van der Waals surface area contributed by atoms with Gasteiger partial charge in [0.25, 0.3) is 5.91 Å². The molecule has 4 aromatic rings. The van der Waals surface area contributed by atoms with E-state index in [0.29, 0.717) is 17.2 Å². The van der Waals surface area contributed by atoms with Crippen molar-refractivity contribution in [2.45, 2.75) is 59.7 Å². The highest BCUT2D eigenvalue weighted by Crippen LogP contribution is 2.32. The van der Waals surface area contributed by atoms with Crippen molar-refractivity contribution in [1.29, 1.82) is 0 Å². The van der Waals surface area contributed by atoms with Gasteiger partial charge in [-0.2, -0.15) is 0 Å². The number of hydrogen-bond acceptors (Lipinski definition) is 4. The van der Waals surface area contributed by atoms with Crippen molar-refractivity contribution in [1.82, 2.24) is 14.5 Å². The number of imidazole rings is 1. The Labute approximate surface area is 238 Å². The molecule has 0 aliphatic heterocycles. The molecule has 0 fully saturated rings. The zero-order valence-corrected chi connectivity index (χ0v) is 24.3. The number of nitrogens with zero attached hydrogens (tertiary/aromatic N) is 3. The molecule has 0 spiro atoms. The minimum absolute atomic E-state index is 0.400. The number of aromatic nitrogens is 2. The molecule has 0 atom stereocenters. The monoisotopic (exact) mass is 538 g/mol. The van der Waals surface area contributed by atoms with E-state index in [-0.39, 0.29) is 0 Å². The third-order valence-corrected chi connectivity index (χ3v) is 7.22. The lowest BCUT2D eigenvalue weighted by molar-refractivity contribution is 0.0997. The average Bonchev–Trinajstić information content (AvgIpc) is 3.33. The van der Waals surface area contributed by atoms with Gasteiger partial charge in [0.05, 0.1) is 24.1 Å². The summed E-state index contributed by atoms with van der Waals surface area (Å²) in [6.07, 6.45) is 3.26. The third-order valence-electron chi connectivity index (χ3n) is 7.22. The molecule has 4 rings (SSSR count). The van der Waals surface area contributed by atoms with Gasteiger partial charge in [0.2, 0.25) is 0 Å². The first kappa shape index (κ1) is 29.1. The van der Waals surface area contributed by atoms with E-state index in [9.17, 15) is 4.79 Å². The van der Waals surface area contributed by atoms with Crippen molar-refractivity contribution < 1.29 is 9.53 Å². The van der Waals surface area contributed by atoms with Crippen molar-refractivity contribution in [3.63, 3.8) is 0 Å². The Balaban J connectivity index is 1.79. The van der Waals surface area contributed by atoms with Crippen LogP contribution in [0, 0.1) is 5.92 Å². The number of nitrogens with two attached hydrogens (primary N) is 1. The molecule has 6 nitrogen and oxygen atoms in total. The van der Waals surface area contributed by atoms with Crippen LogP contribution >= 0.6 is 0 Å². The second kappa shape index (κ2) is 13.9. The van der Waals surface area contributed by atoms with Crippen LogP contribution in [0.3, 0.4) is 0 Å². The molecule has 1 amide bonds. The molecule has 0 aliphatic rings. The summed E-state index contributed by atoms with van der Waals surface area (Å²) < 4.78 is 7.94. The highest BCUT2D eigenvalue weighted by atomic mass is 16.5. The fraction of sp³-hybridized carbons (Fsp3) is 0.353. The largest absolute Gasteiger partial charge is 0.496 e. The first-order chi connectivity index (χ1) is 19.4. The van der Waals surface area contributed by atoms with Crippen LogP contribution in [-0.2, 0) is 19.6 Å². The van der Waals surface area contributed by atoms with Crippen LogP contribution in [0.1, 0.15) is 61.6 Å². The summed E-state index contributed by atoms with van der Waals surface area (Å²) in [6.45, 7) is 10.1. The molecule has 0 aliphatic carbocycles. The normalized spacial score (nSPS) is 11.3. The van der Waals surface area contributed by atoms with Gasteiger partial charge in [-0.25, -0.2) is 4.98 Å². The van der Waals surface area contributed by atoms with E-state index >= 15 is 0 Å². The fourth-order valence-corrected chi connectivity index (χ4v) is 5.00. The van der Waals surface area contributed by atoms with Crippen LogP contribution in [-0.4, -0.2) is 34.0 Å². The van der Waals surface area contributed by atoms with Gasteiger partial charge in [-0.1, -0.05) is 93.9 Å². The molecule has 0 bridgehead atoms. The average molecular weight is 539 g/mol. The van der Waals surface area contributed by atoms with E-state index in [1.54, 1.807) is 13.2 Å². The number of carbonyl (C=O) groups excluding carboxylic acids is 1. The zero-order valence-electron chi connectivity index (χ0n) is 24.3. The first-order valence-electron chi connectivity index (χ1n) is 14.3. The Bertz CT molecular complexity index is 1380. The highest BCUT2D eigenvalue weighted by molar-refractivity contribution is 5.95.